The molecule has 2 saturated heterocycles. The van der Waals surface area contributed by atoms with Crippen molar-refractivity contribution in [3.63, 3.8) is 0 Å². The van der Waals surface area contributed by atoms with Gasteiger partial charge in [-0.05, 0) is 68.2 Å². The number of hydrogen-bond donors (Lipinski definition) is 5. The molecule has 1 atom stereocenters. The van der Waals surface area contributed by atoms with E-state index in [4.69, 9.17) is 0 Å². The maximum absolute atomic E-state index is 13.8. The Morgan fingerprint density at radius 1 is 0.895 bits per heavy atom. The van der Waals surface area contributed by atoms with Crippen LogP contribution in [0.15, 0.2) is 42.6 Å². The van der Waals surface area contributed by atoms with Crippen molar-refractivity contribution < 1.29 is 38.0 Å². The van der Waals surface area contributed by atoms with Crippen LogP contribution >= 0.6 is 0 Å². The highest BCUT2D eigenvalue weighted by atomic mass is 19.1. The molecule has 4 aliphatic rings. The summed E-state index contributed by atoms with van der Waals surface area (Å²) < 4.78 is 13.8. The number of H-pyrrole nitrogens is 1. The number of anilines is 3. The maximum Gasteiger partial charge on any atom is 0.264 e. The number of carbonyl (C=O) groups is 7. The SMILES string of the molecule is Cc1c(NC(=O)CN2CCN(C(=O)CCCCCCCNc3cccc4c3C(=O)N(C3CCC(=O)NC3=O)C4=O)CC2)c[nH]c1/C=C1\C(=O)Nc2ccc(F)cc21. The van der Waals surface area contributed by atoms with Crippen LogP contribution in [0.2, 0.25) is 0 Å². The van der Waals surface area contributed by atoms with Gasteiger partial charge in [0.1, 0.15) is 11.9 Å². The Kier molecular flexibility index (Phi) is 11.6. The van der Waals surface area contributed by atoms with Crippen molar-refractivity contribution in [3.8, 4) is 0 Å². The van der Waals surface area contributed by atoms with Crippen LogP contribution in [-0.4, -0.2) is 106 Å². The molecule has 1 aromatic heterocycles. The lowest BCUT2D eigenvalue weighted by Crippen LogP contribution is -2.54. The van der Waals surface area contributed by atoms with Crippen LogP contribution in [0.25, 0.3) is 11.6 Å². The Balaban J connectivity index is 0.774. The summed E-state index contributed by atoms with van der Waals surface area (Å²) in [6, 6.07) is 8.13. The van der Waals surface area contributed by atoms with E-state index in [-0.39, 0.29) is 48.2 Å². The summed E-state index contributed by atoms with van der Waals surface area (Å²) in [5.74, 6) is -2.98. The number of unbranched alkanes of at least 4 members (excludes halogenated alkanes) is 4. The minimum atomic E-state index is -1.01. The van der Waals surface area contributed by atoms with Gasteiger partial charge in [0.15, 0.2) is 0 Å². The molecule has 57 heavy (non-hydrogen) atoms. The summed E-state index contributed by atoms with van der Waals surface area (Å²) in [6.45, 7) is 4.85. The van der Waals surface area contributed by atoms with Crippen LogP contribution in [0.4, 0.5) is 21.5 Å². The highest BCUT2D eigenvalue weighted by Crippen LogP contribution is 2.35. The first-order valence-electron chi connectivity index (χ1n) is 19.4. The molecule has 0 saturated carbocycles. The van der Waals surface area contributed by atoms with Crippen LogP contribution in [0.3, 0.4) is 0 Å². The van der Waals surface area contributed by atoms with Crippen molar-refractivity contribution in [1.82, 2.24) is 25.0 Å². The fourth-order valence-electron chi connectivity index (χ4n) is 7.76. The molecular weight excluding hydrogens is 735 g/mol. The molecule has 0 aliphatic carbocycles. The van der Waals surface area contributed by atoms with Gasteiger partial charge in [-0.25, -0.2) is 4.39 Å². The Hall–Kier alpha value is -6.16. The molecule has 2 aromatic carbocycles. The van der Waals surface area contributed by atoms with Crippen LogP contribution < -0.4 is 21.3 Å². The van der Waals surface area contributed by atoms with E-state index in [1.54, 1.807) is 30.5 Å². The van der Waals surface area contributed by atoms with E-state index in [1.807, 2.05) is 16.7 Å². The zero-order valence-corrected chi connectivity index (χ0v) is 31.7. The van der Waals surface area contributed by atoms with Gasteiger partial charge in [0.05, 0.1) is 28.9 Å². The molecule has 0 radical (unpaired) electrons. The fraction of sp³-hybridized carbons (Fsp3) is 0.390. The predicted molar refractivity (Wildman–Crippen MR) is 209 cm³/mol. The first-order valence-corrected chi connectivity index (χ1v) is 19.4. The number of fused-ring (bicyclic) bond motifs is 2. The van der Waals surface area contributed by atoms with Crippen molar-refractivity contribution in [2.75, 3.05) is 55.2 Å². The topological polar surface area (TPSA) is 193 Å². The zero-order chi connectivity index (χ0) is 40.2. The molecule has 5 N–H and O–H groups in total. The monoisotopic (exact) mass is 780 g/mol. The van der Waals surface area contributed by atoms with Gasteiger partial charge in [-0.1, -0.05) is 25.3 Å². The summed E-state index contributed by atoms with van der Waals surface area (Å²) in [6.07, 6.45) is 8.30. The number of amides is 7. The Bertz CT molecular complexity index is 2170. The number of nitrogens with one attached hydrogen (secondary N) is 5. The molecule has 7 rings (SSSR count). The van der Waals surface area contributed by atoms with Crippen molar-refractivity contribution >= 4 is 70.1 Å². The molecule has 2 fully saturated rings. The minimum absolute atomic E-state index is 0.0641. The lowest BCUT2D eigenvalue weighted by molar-refractivity contribution is -0.136. The van der Waals surface area contributed by atoms with Gasteiger partial charge in [-0.3, -0.25) is 48.7 Å². The number of benzene rings is 2. The first-order chi connectivity index (χ1) is 27.5. The van der Waals surface area contributed by atoms with Gasteiger partial charge in [0, 0.05) is 74.4 Å². The smallest absolute Gasteiger partial charge is 0.264 e. The van der Waals surface area contributed by atoms with Crippen LogP contribution in [0, 0.1) is 12.7 Å². The van der Waals surface area contributed by atoms with Gasteiger partial charge in [0.2, 0.25) is 23.6 Å². The molecule has 3 aromatic rings. The van der Waals surface area contributed by atoms with E-state index in [1.165, 1.54) is 18.2 Å². The normalized spacial score (nSPS) is 18.8. The predicted octanol–water partition coefficient (Wildman–Crippen LogP) is 3.89. The molecule has 16 heteroatoms. The van der Waals surface area contributed by atoms with E-state index >= 15 is 0 Å². The number of piperidine rings is 1. The Labute approximate surface area is 328 Å². The maximum atomic E-state index is 13.8. The third-order valence-corrected chi connectivity index (χ3v) is 11.0. The molecule has 15 nitrogen and oxygen atoms in total. The average Bonchev–Trinajstić information content (AvgIpc) is 3.78. The third kappa shape index (κ3) is 8.50. The quantitative estimate of drug-likeness (QED) is 0.0918. The second-order valence-corrected chi connectivity index (χ2v) is 14.8. The molecule has 4 aliphatic heterocycles. The highest BCUT2D eigenvalue weighted by molar-refractivity contribution is 6.35. The fourth-order valence-corrected chi connectivity index (χ4v) is 7.76. The summed E-state index contributed by atoms with van der Waals surface area (Å²) in [4.78, 5) is 96.5. The van der Waals surface area contributed by atoms with Crippen molar-refractivity contribution in [1.29, 1.82) is 0 Å². The van der Waals surface area contributed by atoms with Crippen LogP contribution in [0.1, 0.15) is 88.9 Å². The lowest BCUT2D eigenvalue weighted by atomic mass is 10.0. The minimum Gasteiger partial charge on any atom is -0.384 e. The van der Waals surface area contributed by atoms with Gasteiger partial charge in [-0.15, -0.1) is 0 Å². The molecular formula is C41H45FN8O7. The number of nitrogens with zero attached hydrogens (tertiary/aromatic N) is 3. The van der Waals surface area contributed by atoms with Gasteiger partial charge in [0.25, 0.3) is 17.7 Å². The molecule has 0 bridgehead atoms. The summed E-state index contributed by atoms with van der Waals surface area (Å²) in [7, 11) is 0. The van der Waals surface area contributed by atoms with Gasteiger partial charge in [-0.2, -0.15) is 0 Å². The van der Waals surface area contributed by atoms with E-state index in [2.05, 4.69) is 26.3 Å². The Morgan fingerprint density at radius 2 is 1.67 bits per heavy atom. The van der Waals surface area contributed by atoms with Gasteiger partial charge >= 0.3 is 0 Å². The zero-order valence-electron chi connectivity index (χ0n) is 31.7. The number of carbonyl (C=O) groups excluding carboxylic acids is 7. The van der Waals surface area contributed by atoms with E-state index in [0.717, 1.165) is 42.6 Å². The summed E-state index contributed by atoms with van der Waals surface area (Å²) in [5.41, 5.74) is 4.34. The molecule has 1 unspecified atom stereocenters. The second-order valence-electron chi connectivity index (χ2n) is 14.8. The Morgan fingerprint density at radius 3 is 2.46 bits per heavy atom. The molecule has 0 spiro atoms. The standard InChI is InChI=1S/C41H45FN8O7/c1-24-31(21-28-27-20-25(42)11-12-29(27)46-38(28)54)44-22-32(24)45-35(52)23-48-16-18-49(19-17-48)36(53)10-5-3-2-4-6-15-43-30-9-7-8-26-37(30)41(57)50(40(26)56)33-13-14-34(51)47-39(33)55/h7-9,11-12,20-22,33,43-44H,2-6,10,13-19,23H2,1H3,(H,45,52)(H,46,54)(H,47,51,55)/b28-21-. The largest absolute Gasteiger partial charge is 0.384 e. The summed E-state index contributed by atoms with van der Waals surface area (Å²) >= 11 is 0. The van der Waals surface area contributed by atoms with E-state index < -0.39 is 35.5 Å². The van der Waals surface area contributed by atoms with Crippen LogP contribution in [0.5, 0.6) is 0 Å². The first kappa shape index (κ1) is 39.1. The van der Waals surface area contributed by atoms with E-state index in [9.17, 15) is 38.0 Å². The molecule has 7 amide bonds. The average molecular weight is 781 g/mol. The van der Waals surface area contributed by atoms with E-state index in [0.29, 0.717) is 73.0 Å². The van der Waals surface area contributed by atoms with Gasteiger partial charge < -0.3 is 25.8 Å². The number of rotatable bonds is 14. The molecule has 298 valence electrons. The summed E-state index contributed by atoms with van der Waals surface area (Å²) in [5, 5.41) is 11.1. The second kappa shape index (κ2) is 16.9. The third-order valence-electron chi connectivity index (χ3n) is 11.0. The number of aromatic nitrogens is 1. The number of halogens is 1. The number of imide groups is 2. The number of piperazine rings is 1. The number of hydrogen-bond acceptors (Lipinski definition) is 9. The van der Waals surface area contributed by atoms with Crippen molar-refractivity contribution in [2.45, 2.75) is 64.3 Å². The molecule has 5 heterocycles. The van der Waals surface area contributed by atoms with Crippen molar-refractivity contribution in [3.05, 3.63) is 76.4 Å². The van der Waals surface area contributed by atoms with Crippen LogP contribution in [-0.2, 0) is 24.0 Å². The highest BCUT2D eigenvalue weighted by Gasteiger charge is 2.45. The number of aromatic amines is 1. The van der Waals surface area contributed by atoms with Crippen molar-refractivity contribution in [2.24, 2.45) is 0 Å². The lowest BCUT2D eigenvalue weighted by Gasteiger charge is -2.34.